The molecule has 140 valence electrons. The quantitative estimate of drug-likeness (QED) is 0.663. The summed E-state index contributed by atoms with van der Waals surface area (Å²) < 4.78 is 16.6. The average Bonchev–Trinajstić information content (AvgIpc) is 2.95. The van der Waals surface area contributed by atoms with E-state index < -0.39 is 6.10 Å². The van der Waals surface area contributed by atoms with Crippen LogP contribution in [-0.2, 0) is 27.4 Å². The minimum absolute atomic E-state index is 0.0390. The summed E-state index contributed by atoms with van der Waals surface area (Å²) in [5.41, 5.74) is 3.96. The molecule has 1 aliphatic rings. The number of hydrogen-bond acceptors (Lipinski definition) is 6. The number of esters is 2. The van der Waals surface area contributed by atoms with Gasteiger partial charge in [-0.15, -0.1) is 0 Å². The Balaban J connectivity index is 2.30. The van der Waals surface area contributed by atoms with Gasteiger partial charge in [0.1, 0.15) is 6.61 Å². The van der Waals surface area contributed by atoms with Gasteiger partial charge in [0.25, 0.3) is 0 Å². The van der Waals surface area contributed by atoms with E-state index in [9.17, 15) is 14.7 Å². The van der Waals surface area contributed by atoms with E-state index in [1.54, 1.807) is 13.2 Å². The second-order valence-corrected chi connectivity index (χ2v) is 6.93. The number of hydrogen-bond donors (Lipinski definition) is 1. The molecule has 0 amide bonds. The SMILES string of the molecule is CCC(=O)Oc1c2c(c(COC(C)=O)c3c(C)coc13)[C@@H](C)C[C@H](O)C2. The summed E-state index contributed by atoms with van der Waals surface area (Å²) in [6, 6.07) is 0. The Bertz CT molecular complexity index is 863. The third kappa shape index (κ3) is 3.21. The average molecular weight is 360 g/mol. The molecular weight excluding hydrogens is 336 g/mol. The van der Waals surface area contributed by atoms with Gasteiger partial charge in [0, 0.05) is 36.3 Å². The number of fused-ring (bicyclic) bond motifs is 2. The number of aryl methyl sites for hydroxylation is 1. The lowest BCUT2D eigenvalue weighted by atomic mass is 9.78. The number of benzene rings is 1. The minimum Gasteiger partial charge on any atom is -0.461 e. The normalized spacial score (nSPS) is 19.3. The topological polar surface area (TPSA) is 86.0 Å². The molecule has 0 saturated heterocycles. The third-order valence-corrected chi connectivity index (χ3v) is 4.89. The number of carbonyl (C=O) groups is 2. The number of aliphatic hydroxyl groups is 1. The van der Waals surface area contributed by atoms with Crippen molar-refractivity contribution in [2.24, 2.45) is 0 Å². The van der Waals surface area contributed by atoms with Crippen molar-refractivity contribution in [3.8, 4) is 5.75 Å². The molecule has 0 radical (unpaired) electrons. The smallest absolute Gasteiger partial charge is 0.311 e. The first-order valence-electron chi connectivity index (χ1n) is 8.90. The van der Waals surface area contributed by atoms with Gasteiger partial charge in [0.2, 0.25) is 0 Å². The Morgan fingerprint density at radius 1 is 1.38 bits per heavy atom. The zero-order valence-electron chi connectivity index (χ0n) is 15.5. The molecule has 2 aromatic rings. The van der Waals surface area contributed by atoms with E-state index in [1.165, 1.54) is 6.92 Å². The lowest BCUT2D eigenvalue weighted by molar-refractivity contribution is -0.142. The van der Waals surface area contributed by atoms with Crippen LogP contribution in [0.15, 0.2) is 10.7 Å². The summed E-state index contributed by atoms with van der Waals surface area (Å²) >= 11 is 0. The Morgan fingerprint density at radius 2 is 2.12 bits per heavy atom. The first-order valence-corrected chi connectivity index (χ1v) is 8.90. The predicted molar refractivity (Wildman–Crippen MR) is 95.1 cm³/mol. The number of aliphatic hydroxyl groups excluding tert-OH is 1. The van der Waals surface area contributed by atoms with E-state index in [-0.39, 0.29) is 30.9 Å². The summed E-state index contributed by atoms with van der Waals surface area (Å²) in [4.78, 5) is 23.4. The van der Waals surface area contributed by atoms with Crippen molar-refractivity contribution in [2.45, 2.75) is 65.6 Å². The minimum atomic E-state index is -0.522. The highest BCUT2D eigenvalue weighted by Gasteiger charge is 2.33. The molecule has 1 aliphatic carbocycles. The fourth-order valence-electron chi connectivity index (χ4n) is 3.82. The van der Waals surface area contributed by atoms with Crippen molar-refractivity contribution < 1.29 is 28.6 Å². The van der Waals surface area contributed by atoms with Gasteiger partial charge in [0.05, 0.1) is 12.4 Å². The van der Waals surface area contributed by atoms with Crippen LogP contribution in [0.3, 0.4) is 0 Å². The standard InChI is InChI=1S/C20H24O6/c1-5-16(23)26-19-14-7-13(22)6-10(2)17(14)15(9-24-12(4)21)18-11(3)8-25-20(18)19/h8,10,13,22H,5-7,9H2,1-4H3/t10-,13-/m0/s1. The molecule has 1 aromatic heterocycles. The zero-order chi connectivity index (χ0) is 19.0. The number of furan rings is 1. The van der Waals surface area contributed by atoms with E-state index in [4.69, 9.17) is 13.9 Å². The second-order valence-electron chi connectivity index (χ2n) is 6.93. The molecule has 6 heteroatoms. The molecule has 1 aromatic carbocycles. The molecule has 26 heavy (non-hydrogen) atoms. The van der Waals surface area contributed by atoms with Crippen LogP contribution >= 0.6 is 0 Å². The molecule has 0 fully saturated rings. The first kappa shape index (κ1) is 18.5. The molecule has 0 bridgehead atoms. The summed E-state index contributed by atoms with van der Waals surface area (Å²) in [7, 11) is 0. The predicted octanol–water partition coefficient (Wildman–Crippen LogP) is 3.53. The van der Waals surface area contributed by atoms with Gasteiger partial charge in [0.15, 0.2) is 11.3 Å². The van der Waals surface area contributed by atoms with E-state index >= 15 is 0 Å². The summed E-state index contributed by atoms with van der Waals surface area (Å²) in [5, 5.41) is 11.1. The van der Waals surface area contributed by atoms with Gasteiger partial charge in [-0.05, 0) is 30.4 Å². The molecule has 3 rings (SSSR count). The van der Waals surface area contributed by atoms with E-state index in [2.05, 4.69) is 0 Å². The molecule has 0 unspecified atom stereocenters. The maximum atomic E-state index is 12.0. The maximum Gasteiger partial charge on any atom is 0.311 e. The lowest BCUT2D eigenvalue weighted by Gasteiger charge is -2.30. The van der Waals surface area contributed by atoms with E-state index in [0.29, 0.717) is 24.2 Å². The maximum absolute atomic E-state index is 12.0. The fraction of sp³-hybridized carbons (Fsp3) is 0.500. The highest BCUT2D eigenvalue weighted by atomic mass is 16.5. The molecule has 0 spiro atoms. The molecule has 6 nitrogen and oxygen atoms in total. The Kier molecular flexibility index (Phi) is 5.05. The van der Waals surface area contributed by atoms with Crippen molar-refractivity contribution in [1.82, 2.24) is 0 Å². The van der Waals surface area contributed by atoms with Gasteiger partial charge in [-0.1, -0.05) is 13.8 Å². The molecule has 2 atom stereocenters. The van der Waals surface area contributed by atoms with Crippen LogP contribution in [0.1, 0.15) is 61.8 Å². The second kappa shape index (κ2) is 7.11. The molecule has 1 N–H and O–H groups in total. The Morgan fingerprint density at radius 3 is 2.77 bits per heavy atom. The lowest BCUT2D eigenvalue weighted by Crippen LogP contribution is -2.24. The van der Waals surface area contributed by atoms with Crippen LogP contribution in [0.4, 0.5) is 0 Å². The van der Waals surface area contributed by atoms with E-state index in [1.807, 2.05) is 13.8 Å². The highest BCUT2D eigenvalue weighted by Crippen LogP contribution is 2.46. The summed E-state index contributed by atoms with van der Waals surface area (Å²) in [5.74, 6) is -0.301. The summed E-state index contributed by atoms with van der Waals surface area (Å²) in [6.07, 6.45) is 2.30. The fourth-order valence-corrected chi connectivity index (χ4v) is 3.82. The van der Waals surface area contributed by atoms with Crippen LogP contribution in [0.5, 0.6) is 5.75 Å². The highest BCUT2D eigenvalue weighted by molar-refractivity contribution is 5.94. The Hall–Kier alpha value is -2.34. The zero-order valence-corrected chi connectivity index (χ0v) is 15.5. The molecule has 1 heterocycles. The van der Waals surface area contributed by atoms with Crippen molar-refractivity contribution in [3.05, 3.63) is 28.5 Å². The number of ether oxygens (including phenoxy) is 2. The van der Waals surface area contributed by atoms with Crippen molar-refractivity contribution in [2.75, 3.05) is 0 Å². The molecular formula is C20H24O6. The van der Waals surface area contributed by atoms with Crippen molar-refractivity contribution in [3.63, 3.8) is 0 Å². The Labute approximate surface area is 152 Å². The van der Waals surface area contributed by atoms with Gasteiger partial charge in [-0.3, -0.25) is 9.59 Å². The first-order chi connectivity index (χ1) is 12.3. The van der Waals surface area contributed by atoms with Gasteiger partial charge < -0.3 is 19.0 Å². The summed E-state index contributed by atoms with van der Waals surface area (Å²) in [6.45, 7) is 7.15. The van der Waals surface area contributed by atoms with Crippen LogP contribution in [-0.4, -0.2) is 23.1 Å². The van der Waals surface area contributed by atoms with Crippen molar-refractivity contribution in [1.29, 1.82) is 0 Å². The third-order valence-electron chi connectivity index (χ3n) is 4.89. The van der Waals surface area contributed by atoms with Crippen LogP contribution in [0.2, 0.25) is 0 Å². The largest absolute Gasteiger partial charge is 0.461 e. The van der Waals surface area contributed by atoms with Crippen molar-refractivity contribution >= 4 is 22.9 Å². The molecule has 0 aliphatic heterocycles. The van der Waals surface area contributed by atoms with Gasteiger partial charge >= 0.3 is 11.9 Å². The monoisotopic (exact) mass is 360 g/mol. The van der Waals surface area contributed by atoms with Crippen LogP contribution in [0, 0.1) is 6.92 Å². The molecule has 0 saturated carbocycles. The number of carbonyl (C=O) groups excluding carboxylic acids is 2. The van der Waals surface area contributed by atoms with Gasteiger partial charge in [-0.25, -0.2) is 0 Å². The number of rotatable bonds is 4. The van der Waals surface area contributed by atoms with Crippen LogP contribution in [0.25, 0.3) is 11.0 Å². The van der Waals surface area contributed by atoms with Crippen LogP contribution < -0.4 is 4.74 Å². The van der Waals surface area contributed by atoms with E-state index in [0.717, 1.165) is 27.6 Å². The van der Waals surface area contributed by atoms with Gasteiger partial charge in [-0.2, -0.15) is 0 Å².